The molecule has 0 radical (unpaired) electrons. The summed E-state index contributed by atoms with van der Waals surface area (Å²) < 4.78 is 22.0. The number of nitrogens with zero attached hydrogens (tertiary/aromatic N) is 2. The molecular formula is C10H12Cl2N2O3S. The molecule has 1 amide bonds. The Morgan fingerprint density at radius 1 is 1.44 bits per heavy atom. The van der Waals surface area contributed by atoms with E-state index in [9.17, 15) is 13.2 Å². The van der Waals surface area contributed by atoms with Crippen molar-refractivity contribution in [2.45, 2.75) is 0 Å². The number of rotatable bonds is 4. The summed E-state index contributed by atoms with van der Waals surface area (Å²) in [5.74, 6) is -0.501. The van der Waals surface area contributed by atoms with Crippen LogP contribution in [-0.2, 0) is 9.84 Å². The Morgan fingerprint density at radius 2 is 2.06 bits per heavy atom. The van der Waals surface area contributed by atoms with Crippen LogP contribution in [0.3, 0.4) is 0 Å². The maximum atomic E-state index is 12.0. The Balaban J connectivity index is 2.83. The molecule has 0 unspecified atom stereocenters. The van der Waals surface area contributed by atoms with Crippen molar-refractivity contribution in [3.8, 4) is 0 Å². The third-order valence-electron chi connectivity index (χ3n) is 2.20. The van der Waals surface area contributed by atoms with Gasteiger partial charge in [0.1, 0.15) is 15.0 Å². The highest BCUT2D eigenvalue weighted by molar-refractivity contribution is 7.90. The molecule has 0 saturated carbocycles. The largest absolute Gasteiger partial charge is 0.341 e. The first-order valence-electron chi connectivity index (χ1n) is 4.95. The van der Waals surface area contributed by atoms with Crippen molar-refractivity contribution in [2.75, 3.05) is 25.6 Å². The average molecular weight is 311 g/mol. The lowest BCUT2D eigenvalue weighted by atomic mass is 10.2. The van der Waals surface area contributed by atoms with Crippen LogP contribution in [0.4, 0.5) is 0 Å². The topological polar surface area (TPSA) is 67.3 Å². The molecule has 0 spiro atoms. The molecule has 0 atom stereocenters. The molecule has 0 aromatic carbocycles. The molecule has 8 heteroatoms. The van der Waals surface area contributed by atoms with Crippen LogP contribution in [0.5, 0.6) is 0 Å². The molecule has 100 valence electrons. The van der Waals surface area contributed by atoms with Crippen molar-refractivity contribution < 1.29 is 13.2 Å². The number of sulfone groups is 1. The third-order valence-corrected chi connectivity index (χ3v) is 3.63. The first-order valence-corrected chi connectivity index (χ1v) is 7.76. The number of amides is 1. The minimum absolute atomic E-state index is 0.0912. The fraction of sp³-hybridized carbons (Fsp3) is 0.400. The standard InChI is InChI=1S/C10H12Cl2N2O3S/c1-14(3-4-18(2,16)17)10(15)7-5-9(12)13-6-8(7)11/h5-6H,3-4H2,1-2H3. The van der Waals surface area contributed by atoms with Crippen LogP contribution in [0.1, 0.15) is 10.4 Å². The molecule has 0 saturated heterocycles. The molecule has 0 bridgehead atoms. The summed E-state index contributed by atoms with van der Waals surface area (Å²) in [4.78, 5) is 17.0. The van der Waals surface area contributed by atoms with Gasteiger partial charge in [-0.1, -0.05) is 23.2 Å². The molecule has 5 nitrogen and oxygen atoms in total. The van der Waals surface area contributed by atoms with Crippen LogP contribution < -0.4 is 0 Å². The number of carbonyl (C=O) groups is 1. The van der Waals surface area contributed by atoms with Crippen molar-refractivity contribution in [1.29, 1.82) is 0 Å². The highest BCUT2D eigenvalue weighted by Gasteiger charge is 2.17. The maximum Gasteiger partial charge on any atom is 0.255 e. The zero-order valence-electron chi connectivity index (χ0n) is 9.85. The normalized spacial score (nSPS) is 11.3. The Morgan fingerprint density at radius 3 is 2.61 bits per heavy atom. The van der Waals surface area contributed by atoms with Gasteiger partial charge in [0.2, 0.25) is 0 Å². The Kier molecular flexibility index (Phi) is 4.95. The first-order chi connectivity index (χ1) is 8.20. The van der Waals surface area contributed by atoms with E-state index in [1.165, 1.54) is 24.2 Å². The molecule has 1 aromatic rings. The summed E-state index contributed by atoms with van der Waals surface area (Å²) in [6, 6.07) is 1.35. The van der Waals surface area contributed by atoms with Gasteiger partial charge in [-0.2, -0.15) is 0 Å². The second-order valence-electron chi connectivity index (χ2n) is 3.84. The smallest absolute Gasteiger partial charge is 0.255 e. The lowest BCUT2D eigenvalue weighted by Gasteiger charge is -2.17. The lowest BCUT2D eigenvalue weighted by Crippen LogP contribution is -2.31. The van der Waals surface area contributed by atoms with E-state index in [0.29, 0.717) is 0 Å². The maximum absolute atomic E-state index is 12.0. The highest BCUT2D eigenvalue weighted by atomic mass is 35.5. The summed E-state index contributed by atoms with van der Waals surface area (Å²) in [5.41, 5.74) is 0.202. The summed E-state index contributed by atoms with van der Waals surface area (Å²) in [6.07, 6.45) is 2.39. The molecule has 0 aliphatic heterocycles. The molecule has 1 heterocycles. The molecule has 0 aliphatic rings. The zero-order valence-corrected chi connectivity index (χ0v) is 12.2. The minimum atomic E-state index is -3.12. The van der Waals surface area contributed by atoms with Crippen LogP contribution in [0, 0.1) is 0 Å². The van der Waals surface area contributed by atoms with Gasteiger partial charge in [-0.15, -0.1) is 0 Å². The Bertz CT molecular complexity index is 560. The molecule has 0 aliphatic carbocycles. The Labute approximate surface area is 116 Å². The van der Waals surface area contributed by atoms with E-state index in [-0.39, 0.29) is 28.0 Å². The second kappa shape index (κ2) is 5.86. The molecule has 18 heavy (non-hydrogen) atoms. The van der Waals surface area contributed by atoms with E-state index in [1.807, 2.05) is 0 Å². The van der Waals surface area contributed by atoms with Gasteiger partial charge < -0.3 is 4.90 Å². The quantitative estimate of drug-likeness (QED) is 0.790. The predicted molar refractivity (Wildman–Crippen MR) is 70.9 cm³/mol. The van der Waals surface area contributed by atoms with E-state index in [2.05, 4.69) is 4.98 Å². The van der Waals surface area contributed by atoms with Crippen molar-refractivity contribution >= 4 is 38.9 Å². The average Bonchev–Trinajstić information content (AvgIpc) is 2.27. The minimum Gasteiger partial charge on any atom is -0.341 e. The number of pyridine rings is 1. The van der Waals surface area contributed by atoms with E-state index >= 15 is 0 Å². The van der Waals surface area contributed by atoms with E-state index < -0.39 is 15.7 Å². The fourth-order valence-electron chi connectivity index (χ4n) is 1.19. The summed E-state index contributed by atoms with van der Waals surface area (Å²) in [5, 5.41) is 0.329. The molecule has 0 fully saturated rings. The second-order valence-corrected chi connectivity index (χ2v) is 6.90. The van der Waals surface area contributed by atoms with Crippen LogP contribution in [0.15, 0.2) is 12.3 Å². The molecular weight excluding hydrogens is 299 g/mol. The number of hydrogen-bond acceptors (Lipinski definition) is 4. The van der Waals surface area contributed by atoms with Gasteiger partial charge in [-0.05, 0) is 6.07 Å². The van der Waals surface area contributed by atoms with Gasteiger partial charge in [0.15, 0.2) is 0 Å². The molecule has 0 N–H and O–H groups in total. The molecule has 1 rings (SSSR count). The van der Waals surface area contributed by atoms with Crippen molar-refractivity contribution in [1.82, 2.24) is 9.88 Å². The highest BCUT2D eigenvalue weighted by Crippen LogP contribution is 2.19. The van der Waals surface area contributed by atoms with Crippen molar-refractivity contribution in [2.24, 2.45) is 0 Å². The van der Waals surface area contributed by atoms with Gasteiger partial charge in [-0.25, -0.2) is 13.4 Å². The third kappa shape index (κ3) is 4.44. The molecule has 1 aromatic heterocycles. The van der Waals surface area contributed by atoms with E-state index in [1.54, 1.807) is 0 Å². The van der Waals surface area contributed by atoms with Gasteiger partial charge in [0, 0.05) is 26.0 Å². The Hall–Kier alpha value is -0.850. The van der Waals surface area contributed by atoms with E-state index in [4.69, 9.17) is 23.2 Å². The summed E-state index contributed by atoms with van der Waals surface area (Å²) >= 11 is 11.5. The van der Waals surface area contributed by atoms with Crippen molar-refractivity contribution in [3.63, 3.8) is 0 Å². The van der Waals surface area contributed by atoms with Crippen LogP contribution in [0.25, 0.3) is 0 Å². The number of carbonyl (C=O) groups excluding carboxylic acids is 1. The van der Waals surface area contributed by atoms with Crippen LogP contribution >= 0.6 is 23.2 Å². The van der Waals surface area contributed by atoms with Crippen LogP contribution in [-0.4, -0.2) is 49.8 Å². The predicted octanol–water partition coefficient (Wildman–Crippen LogP) is 1.50. The number of hydrogen-bond donors (Lipinski definition) is 0. The summed E-state index contributed by atoms with van der Waals surface area (Å²) in [6.45, 7) is 0.0912. The number of aromatic nitrogens is 1. The van der Waals surface area contributed by atoms with Gasteiger partial charge in [0.05, 0.1) is 16.3 Å². The lowest BCUT2D eigenvalue weighted by molar-refractivity contribution is 0.0803. The fourth-order valence-corrected chi connectivity index (χ4v) is 2.13. The van der Waals surface area contributed by atoms with Gasteiger partial charge in [0.25, 0.3) is 5.91 Å². The zero-order chi connectivity index (χ0) is 13.9. The number of halogens is 2. The van der Waals surface area contributed by atoms with Gasteiger partial charge in [-0.3, -0.25) is 4.79 Å². The van der Waals surface area contributed by atoms with E-state index in [0.717, 1.165) is 6.26 Å². The SMILES string of the molecule is CN(CCS(C)(=O)=O)C(=O)c1cc(Cl)ncc1Cl. The summed E-state index contributed by atoms with van der Waals surface area (Å²) in [7, 11) is -1.62. The van der Waals surface area contributed by atoms with Crippen LogP contribution in [0.2, 0.25) is 10.2 Å². The van der Waals surface area contributed by atoms with Gasteiger partial charge >= 0.3 is 0 Å². The monoisotopic (exact) mass is 310 g/mol. The first kappa shape index (κ1) is 15.2. The van der Waals surface area contributed by atoms with Crippen molar-refractivity contribution in [3.05, 3.63) is 28.0 Å².